The van der Waals surface area contributed by atoms with E-state index in [2.05, 4.69) is 10.2 Å². The van der Waals surface area contributed by atoms with Crippen LogP contribution in [0.2, 0.25) is 0 Å². The molecule has 0 bridgehead atoms. The van der Waals surface area contributed by atoms with E-state index >= 15 is 0 Å². The molecular weight excluding hydrogens is 233 g/mol. The lowest BCUT2D eigenvalue weighted by Crippen LogP contribution is -2.04. The zero-order valence-corrected chi connectivity index (χ0v) is 8.62. The Hall–Kier alpha value is -1.82. The number of aromatic amines is 1. The van der Waals surface area contributed by atoms with Gasteiger partial charge >= 0.3 is 6.18 Å². The molecule has 2 rings (SSSR count). The Balaban J connectivity index is 2.39. The number of hydrogen-bond acceptors (Lipinski definition) is 2. The van der Waals surface area contributed by atoms with Crippen molar-refractivity contribution in [2.45, 2.75) is 12.8 Å². The molecule has 6 heteroatoms. The number of hydrogen-bond donors (Lipinski definition) is 2. The van der Waals surface area contributed by atoms with E-state index in [1.165, 1.54) is 18.2 Å². The summed E-state index contributed by atoms with van der Waals surface area (Å²) in [7, 11) is 0. The van der Waals surface area contributed by atoms with E-state index in [9.17, 15) is 13.2 Å². The fraction of sp³-hybridized carbons (Fsp3) is 0.182. The minimum atomic E-state index is -4.37. The molecule has 1 aromatic carbocycles. The first-order valence-corrected chi connectivity index (χ1v) is 4.83. The van der Waals surface area contributed by atoms with Crippen LogP contribution in [0.4, 0.5) is 13.2 Å². The van der Waals surface area contributed by atoms with Crippen molar-refractivity contribution in [1.82, 2.24) is 10.2 Å². The summed E-state index contributed by atoms with van der Waals surface area (Å²) in [6.07, 6.45) is -4.37. The van der Waals surface area contributed by atoms with Gasteiger partial charge < -0.3 is 5.11 Å². The highest BCUT2D eigenvalue weighted by atomic mass is 19.4. The maximum Gasteiger partial charge on any atom is 0.416 e. The first kappa shape index (κ1) is 11.7. The molecule has 0 aliphatic heterocycles. The number of nitrogens with zero attached hydrogens (tertiary/aromatic N) is 1. The van der Waals surface area contributed by atoms with E-state index < -0.39 is 11.7 Å². The number of aromatic nitrogens is 2. The van der Waals surface area contributed by atoms with E-state index in [1.807, 2.05) is 0 Å². The standard InChI is InChI=1S/C11H9F3N2O/c12-11(13,14)8-3-1-2-7(4-8)10-5-9(6-17)15-16-10/h1-5,17H,6H2,(H,15,16). The third-order valence-electron chi connectivity index (χ3n) is 2.29. The number of rotatable bonds is 2. The normalized spacial score (nSPS) is 11.8. The van der Waals surface area contributed by atoms with Crippen LogP contribution < -0.4 is 0 Å². The number of benzene rings is 1. The van der Waals surface area contributed by atoms with Crippen molar-refractivity contribution in [2.75, 3.05) is 0 Å². The Morgan fingerprint density at radius 2 is 2.00 bits per heavy atom. The number of aliphatic hydroxyl groups is 1. The Morgan fingerprint density at radius 3 is 2.59 bits per heavy atom. The van der Waals surface area contributed by atoms with E-state index in [0.29, 0.717) is 17.0 Å². The zero-order valence-electron chi connectivity index (χ0n) is 8.62. The highest BCUT2D eigenvalue weighted by Crippen LogP contribution is 2.31. The van der Waals surface area contributed by atoms with Gasteiger partial charge in [-0.2, -0.15) is 18.3 Å². The van der Waals surface area contributed by atoms with Crippen molar-refractivity contribution in [3.05, 3.63) is 41.6 Å². The molecule has 0 unspecified atom stereocenters. The predicted octanol–water partition coefficient (Wildman–Crippen LogP) is 2.59. The molecule has 0 aliphatic rings. The van der Waals surface area contributed by atoms with Crippen molar-refractivity contribution < 1.29 is 18.3 Å². The maximum atomic E-state index is 12.5. The smallest absolute Gasteiger partial charge is 0.390 e. The van der Waals surface area contributed by atoms with E-state index in [4.69, 9.17) is 5.11 Å². The van der Waals surface area contributed by atoms with Gasteiger partial charge in [-0.05, 0) is 18.2 Å². The van der Waals surface area contributed by atoms with E-state index in [1.54, 1.807) is 0 Å². The van der Waals surface area contributed by atoms with E-state index in [-0.39, 0.29) is 6.61 Å². The molecule has 0 saturated heterocycles. The Bertz CT molecular complexity index is 519. The van der Waals surface area contributed by atoms with E-state index in [0.717, 1.165) is 12.1 Å². The van der Waals surface area contributed by atoms with Crippen molar-refractivity contribution in [1.29, 1.82) is 0 Å². The van der Waals surface area contributed by atoms with Crippen molar-refractivity contribution >= 4 is 0 Å². The third-order valence-corrected chi connectivity index (χ3v) is 2.29. The molecule has 1 heterocycles. The molecule has 0 spiro atoms. The van der Waals surface area contributed by atoms with Crippen molar-refractivity contribution in [2.24, 2.45) is 0 Å². The quantitative estimate of drug-likeness (QED) is 0.850. The summed E-state index contributed by atoms with van der Waals surface area (Å²) in [5.41, 5.74) is 0.469. The van der Waals surface area contributed by atoms with Gasteiger partial charge in [0.05, 0.1) is 23.6 Å². The van der Waals surface area contributed by atoms with Gasteiger partial charge in [-0.15, -0.1) is 0 Å². The monoisotopic (exact) mass is 242 g/mol. The van der Waals surface area contributed by atoms with Crippen LogP contribution in [0.3, 0.4) is 0 Å². The van der Waals surface area contributed by atoms with Crippen molar-refractivity contribution in [3.63, 3.8) is 0 Å². The molecule has 90 valence electrons. The van der Waals surface area contributed by atoms with Crippen LogP contribution in [0.5, 0.6) is 0 Å². The van der Waals surface area contributed by atoms with Gasteiger partial charge in [0.15, 0.2) is 0 Å². The maximum absolute atomic E-state index is 12.5. The summed E-state index contributed by atoms with van der Waals surface area (Å²) < 4.78 is 37.5. The molecule has 2 N–H and O–H groups in total. The summed E-state index contributed by atoms with van der Waals surface area (Å²) in [4.78, 5) is 0. The molecule has 0 amide bonds. The fourth-order valence-corrected chi connectivity index (χ4v) is 1.45. The largest absolute Gasteiger partial charge is 0.416 e. The minimum Gasteiger partial charge on any atom is -0.390 e. The molecule has 17 heavy (non-hydrogen) atoms. The van der Waals surface area contributed by atoms with Crippen LogP contribution >= 0.6 is 0 Å². The molecule has 0 radical (unpaired) electrons. The third kappa shape index (κ3) is 2.47. The number of halogens is 3. The lowest BCUT2D eigenvalue weighted by atomic mass is 10.1. The molecule has 0 atom stereocenters. The average molecular weight is 242 g/mol. The van der Waals surface area contributed by atoms with Crippen LogP contribution in [-0.4, -0.2) is 15.3 Å². The molecule has 1 aromatic heterocycles. The highest BCUT2D eigenvalue weighted by Gasteiger charge is 2.30. The Kier molecular flexibility index (Phi) is 2.89. The van der Waals surface area contributed by atoms with Crippen molar-refractivity contribution in [3.8, 4) is 11.3 Å². The summed E-state index contributed by atoms with van der Waals surface area (Å²) in [6, 6.07) is 6.40. The molecular formula is C11H9F3N2O. The molecule has 3 nitrogen and oxygen atoms in total. The minimum absolute atomic E-state index is 0.230. The first-order valence-electron chi connectivity index (χ1n) is 4.83. The Morgan fingerprint density at radius 1 is 1.24 bits per heavy atom. The van der Waals surface area contributed by atoms with Gasteiger partial charge in [0.2, 0.25) is 0 Å². The second kappa shape index (κ2) is 4.21. The topological polar surface area (TPSA) is 48.9 Å². The second-order valence-corrected chi connectivity index (χ2v) is 3.52. The Labute approximate surface area is 94.9 Å². The van der Waals surface area contributed by atoms with Gasteiger partial charge in [0.1, 0.15) is 0 Å². The van der Waals surface area contributed by atoms with Crippen LogP contribution in [0.1, 0.15) is 11.3 Å². The van der Waals surface area contributed by atoms with Gasteiger partial charge in [-0.3, -0.25) is 5.10 Å². The highest BCUT2D eigenvalue weighted by molar-refractivity contribution is 5.60. The number of alkyl halides is 3. The predicted molar refractivity (Wildman–Crippen MR) is 54.9 cm³/mol. The first-order chi connectivity index (χ1) is 8.00. The molecule has 0 fully saturated rings. The van der Waals surface area contributed by atoms with Gasteiger partial charge in [-0.1, -0.05) is 12.1 Å². The second-order valence-electron chi connectivity index (χ2n) is 3.52. The number of nitrogens with one attached hydrogen (secondary N) is 1. The van der Waals surface area contributed by atoms with Crippen LogP contribution in [0.25, 0.3) is 11.3 Å². The molecule has 0 saturated carbocycles. The summed E-state index contributed by atoms with van der Waals surface area (Å²) in [5.74, 6) is 0. The lowest BCUT2D eigenvalue weighted by molar-refractivity contribution is -0.137. The fourth-order valence-electron chi connectivity index (χ4n) is 1.45. The van der Waals surface area contributed by atoms with Gasteiger partial charge in [0, 0.05) is 5.56 Å². The lowest BCUT2D eigenvalue weighted by Gasteiger charge is -2.07. The number of H-pyrrole nitrogens is 1. The van der Waals surface area contributed by atoms with Crippen LogP contribution in [-0.2, 0) is 12.8 Å². The summed E-state index contributed by atoms with van der Waals surface area (Å²) >= 11 is 0. The average Bonchev–Trinajstić information content (AvgIpc) is 2.76. The van der Waals surface area contributed by atoms with Crippen LogP contribution in [0, 0.1) is 0 Å². The van der Waals surface area contributed by atoms with Crippen LogP contribution in [0.15, 0.2) is 30.3 Å². The summed E-state index contributed by atoms with van der Waals surface area (Å²) in [6.45, 7) is -0.230. The SMILES string of the molecule is OCc1cc(-c2cccc(C(F)(F)F)c2)n[nH]1. The van der Waals surface area contributed by atoms with Gasteiger partial charge in [-0.25, -0.2) is 0 Å². The molecule has 2 aromatic rings. The van der Waals surface area contributed by atoms with Gasteiger partial charge in [0.25, 0.3) is 0 Å². The number of aliphatic hydroxyl groups excluding tert-OH is 1. The zero-order chi connectivity index (χ0) is 12.5. The molecule has 0 aliphatic carbocycles. The summed E-state index contributed by atoms with van der Waals surface area (Å²) in [5, 5.41) is 15.2.